The molecular weight excluding hydrogens is 314 g/mol. The van der Waals surface area contributed by atoms with Crippen molar-refractivity contribution in [3.63, 3.8) is 0 Å². The number of nitrogens with one attached hydrogen (secondary N) is 1. The Morgan fingerprint density at radius 3 is 2.42 bits per heavy atom. The minimum Gasteiger partial charge on any atom is -0.494 e. The number of carbonyl (C=O) groups excluding carboxylic acids is 1. The first kappa shape index (κ1) is 19.2. The molecule has 0 aliphatic heterocycles. The van der Waals surface area contributed by atoms with Crippen molar-refractivity contribution in [3.8, 4) is 5.75 Å². The maximum absolute atomic E-state index is 11.8. The lowest BCUT2D eigenvalue weighted by Gasteiger charge is -2.11. The van der Waals surface area contributed by atoms with Crippen molar-refractivity contribution in [1.82, 2.24) is 5.32 Å². The van der Waals surface area contributed by atoms with Gasteiger partial charge in [-0.3, -0.25) is 9.59 Å². The van der Waals surface area contributed by atoms with Gasteiger partial charge in [0.05, 0.1) is 6.61 Å². The number of benzene rings is 1. The zero-order valence-electron chi connectivity index (χ0n) is 13.4. The SMILES string of the molecule is CCCOc1ccc(/C=C/C(=O)NC(CCC(=O)O)C(=O)O)cc1. The van der Waals surface area contributed by atoms with Crippen LogP contribution in [0.25, 0.3) is 6.08 Å². The van der Waals surface area contributed by atoms with E-state index in [9.17, 15) is 14.4 Å². The second-order valence-electron chi connectivity index (χ2n) is 5.08. The van der Waals surface area contributed by atoms with Crippen LogP contribution in [-0.2, 0) is 14.4 Å². The van der Waals surface area contributed by atoms with Crippen LogP contribution >= 0.6 is 0 Å². The maximum Gasteiger partial charge on any atom is 0.326 e. The van der Waals surface area contributed by atoms with Crippen molar-refractivity contribution >= 4 is 23.9 Å². The lowest BCUT2D eigenvalue weighted by atomic mass is 10.1. The summed E-state index contributed by atoms with van der Waals surface area (Å²) in [6.07, 6.45) is 3.15. The maximum atomic E-state index is 11.8. The Kier molecular flexibility index (Phi) is 8.04. The summed E-state index contributed by atoms with van der Waals surface area (Å²) in [5.41, 5.74) is 0.756. The highest BCUT2D eigenvalue weighted by molar-refractivity contribution is 5.94. The van der Waals surface area contributed by atoms with E-state index in [0.29, 0.717) is 6.61 Å². The molecule has 0 aliphatic rings. The fourth-order valence-corrected chi connectivity index (χ4v) is 1.81. The van der Waals surface area contributed by atoms with E-state index >= 15 is 0 Å². The molecule has 3 N–H and O–H groups in total. The quantitative estimate of drug-likeness (QED) is 0.563. The van der Waals surface area contributed by atoms with Gasteiger partial charge in [0.2, 0.25) is 5.91 Å². The van der Waals surface area contributed by atoms with E-state index in [1.807, 2.05) is 6.92 Å². The summed E-state index contributed by atoms with van der Waals surface area (Å²) in [6, 6.07) is 5.87. The summed E-state index contributed by atoms with van der Waals surface area (Å²) in [7, 11) is 0. The van der Waals surface area contributed by atoms with Crippen molar-refractivity contribution < 1.29 is 29.3 Å². The predicted molar refractivity (Wildman–Crippen MR) is 87.7 cm³/mol. The number of carbonyl (C=O) groups is 3. The Labute approximate surface area is 139 Å². The molecule has 7 heteroatoms. The lowest BCUT2D eigenvalue weighted by molar-refractivity contribution is -0.142. The van der Waals surface area contributed by atoms with Crippen LogP contribution in [0.5, 0.6) is 5.75 Å². The molecule has 0 saturated carbocycles. The van der Waals surface area contributed by atoms with E-state index in [0.717, 1.165) is 17.7 Å². The van der Waals surface area contributed by atoms with Gasteiger partial charge in [-0.1, -0.05) is 19.1 Å². The van der Waals surface area contributed by atoms with Gasteiger partial charge in [0.25, 0.3) is 0 Å². The Bertz CT molecular complexity index is 594. The fraction of sp³-hybridized carbons (Fsp3) is 0.353. The topological polar surface area (TPSA) is 113 Å². The highest BCUT2D eigenvalue weighted by Crippen LogP contribution is 2.13. The Morgan fingerprint density at radius 2 is 1.88 bits per heavy atom. The normalized spacial score (nSPS) is 11.9. The number of hydrogen-bond donors (Lipinski definition) is 3. The van der Waals surface area contributed by atoms with Crippen molar-refractivity contribution in [2.24, 2.45) is 0 Å². The molecule has 0 radical (unpaired) electrons. The van der Waals surface area contributed by atoms with Gasteiger partial charge in [-0.2, -0.15) is 0 Å². The number of rotatable bonds is 10. The molecule has 1 unspecified atom stereocenters. The first-order valence-corrected chi connectivity index (χ1v) is 7.58. The molecule has 130 valence electrons. The molecule has 0 fully saturated rings. The van der Waals surface area contributed by atoms with Gasteiger partial charge in [-0.25, -0.2) is 4.79 Å². The number of amides is 1. The molecule has 0 bridgehead atoms. The molecule has 1 rings (SSSR count). The summed E-state index contributed by atoms with van der Waals surface area (Å²) in [6.45, 7) is 2.64. The third-order valence-corrected chi connectivity index (χ3v) is 3.04. The summed E-state index contributed by atoms with van der Waals surface area (Å²) < 4.78 is 5.44. The molecule has 0 spiro atoms. The second kappa shape index (κ2) is 10.0. The van der Waals surface area contributed by atoms with Gasteiger partial charge >= 0.3 is 11.9 Å². The molecule has 0 saturated heterocycles. The van der Waals surface area contributed by atoms with E-state index in [1.54, 1.807) is 24.3 Å². The summed E-state index contributed by atoms with van der Waals surface area (Å²) in [4.78, 5) is 33.2. The lowest BCUT2D eigenvalue weighted by Crippen LogP contribution is -2.40. The molecule has 7 nitrogen and oxygen atoms in total. The largest absolute Gasteiger partial charge is 0.494 e. The number of carboxylic acid groups (broad SMARTS) is 2. The van der Waals surface area contributed by atoms with Gasteiger partial charge in [0, 0.05) is 12.5 Å². The van der Waals surface area contributed by atoms with Crippen LogP contribution in [0.4, 0.5) is 0 Å². The molecule has 0 aromatic heterocycles. The van der Waals surface area contributed by atoms with Gasteiger partial charge in [0.1, 0.15) is 11.8 Å². The predicted octanol–water partition coefficient (Wildman–Crippen LogP) is 1.92. The number of hydrogen-bond acceptors (Lipinski definition) is 4. The van der Waals surface area contributed by atoms with Crippen LogP contribution < -0.4 is 10.1 Å². The van der Waals surface area contributed by atoms with Crippen molar-refractivity contribution in [1.29, 1.82) is 0 Å². The van der Waals surface area contributed by atoms with Gasteiger partial charge in [0.15, 0.2) is 0 Å². The van der Waals surface area contributed by atoms with Crippen LogP contribution in [0.1, 0.15) is 31.7 Å². The van der Waals surface area contributed by atoms with E-state index < -0.39 is 23.9 Å². The molecule has 0 aliphatic carbocycles. The minimum absolute atomic E-state index is 0.173. The molecule has 1 atom stereocenters. The average molecular weight is 335 g/mol. The summed E-state index contributed by atoms with van der Waals surface area (Å²) in [5, 5.41) is 19.8. The van der Waals surface area contributed by atoms with Gasteiger partial charge < -0.3 is 20.3 Å². The van der Waals surface area contributed by atoms with E-state index in [-0.39, 0.29) is 12.8 Å². The number of ether oxygens (including phenoxy) is 1. The van der Waals surface area contributed by atoms with Crippen molar-refractivity contribution in [3.05, 3.63) is 35.9 Å². The minimum atomic E-state index is -1.27. The van der Waals surface area contributed by atoms with E-state index in [2.05, 4.69) is 5.32 Å². The first-order valence-electron chi connectivity index (χ1n) is 7.58. The molecular formula is C17H21NO6. The van der Waals surface area contributed by atoms with Crippen LogP contribution in [-0.4, -0.2) is 40.7 Å². The van der Waals surface area contributed by atoms with Crippen LogP contribution in [0, 0.1) is 0 Å². The van der Waals surface area contributed by atoms with Crippen molar-refractivity contribution in [2.45, 2.75) is 32.2 Å². The van der Waals surface area contributed by atoms with Gasteiger partial charge in [-0.15, -0.1) is 0 Å². The standard InChI is InChI=1S/C17H21NO6/c1-2-11-24-13-6-3-12(4-7-13)5-9-15(19)18-14(17(22)23)8-10-16(20)21/h3-7,9,14H,2,8,10-11H2,1H3,(H,18,19)(H,20,21)(H,22,23)/b9-5+. The highest BCUT2D eigenvalue weighted by Gasteiger charge is 2.19. The van der Waals surface area contributed by atoms with E-state index in [1.165, 1.54) is 12.2 Å². The molecule has 1 amide bonds. The Morgan fingerprint density at radius 1 is 1.21 bits per heavy atom. The third-order valence-electron chi connectivity index (χ3n) is 3.04. The first-order chi connectivity index (χ1) is 11.4. The zero-order chi connectivity index (χ0) is 17.9. The molecule has 0 heterocycles. The van der Waals surface area contributed by atoms with Crippen LogP contribution in [0.3, 0.4) is 0 Å². The zero-order valence-corrected chi connectivity index (χ0v) is 13.4. The summed E-state index contributed by atoms with van der Waals surface area (Å²) in [5.74, 6) is -2.25. The highest BCUT2D eigenvalue weighted by atomic mass is 16.5. The Balaban J connectivity index is 2.56. The molecule has 1 aromatic rings. The molecule has 24 heavy (non-hydrogen) atoms. The van der Waals surface area contributed by atoms with Crippen molar-refractivity contribution in [2.75, 3.05) is 6.61 Å². The third kappa shape index (κ3) is 7.44. The second-order valence-corrected chi connectivity index (χ2v) is 5.08. The average Bonchev–Trinajstić information content (AvgIpc) is 2.55. The smallest absolute Gasteiger partial charge is 0.326 e. The monoisotopic (exact) mass is 335 g/mol. The Hall–Kier alpha value is -2.83. The van der Waals surface area contributed by atoms with Crippen LogP contribution in [0.2, 0.25) is 0 Å². The fourth-order valence-electron chi connectivity index (χ4n) is 1.81. The number of aliphatic carboxylic acids is 2. The summed E-state index contributed by atoms with van der Waals surface area (Å²) >= 11 is 0. The van der Waals surface area contributed by atoms with E-state index in [4.69, 9.17) is 14.9 Å². The van der Waals surface area contributed by atoms with Crippen LogP contribution in [0.15, 0.2) is 30.3 Å². The van der Waals surface area contributed by atoms with Gasteiger partial charge in [-0.05, 0) is 36.6 Å². The molecule has 1 aromatic carbocycles. The number of carboxylic acids is 2.